The Balaban J connectivity index is 1.78. The van der Waals surface area contributed by atoms with Gasteiger partial charge in [-0.2, -0.15) is 0 Å². The summed E-state index contributed by atoms with van der Waals surface area (Å²) >= 11 is 0. The van der Waals surface area contributed by atoms with Gasteiger partial charge in [0.05, 0.1) is 11.7 Å². The molecule has 0 N–H and O–H groups in total. The fourth-order valence-electron chi connectivity index (χ4n) is 2.97. The van der Waals surface area contributed by atoms with Crippen LogP contribution in [0.1, 0.15) is 79.7 Å². The fraction of sp³-hybridized carbons (Fsp3) is 0.588. The van der Waals surface area contributed by atoms with E-state index in [-0.39, 0.29) is 17.9 Å². The van der Waals surface area contributed by atoms with Gasteiger partial charge < -0.3 is 13.9 Å². The lowest BCUT2D eigenvalue weighted by Crippen LogP contribution is -2.30. The van der Waals surface area contributed by atoms with Crippen LogP contribution in [0, 0.1) is 0 Å². The molecule has 0 saturated carbocycles. The number of amides is 1. The van der Waals surface area contributed by atoms with Gasteiger partial charge in [0.25, 0.3) is 5.91 Å². The molecule has 1 unspecified atom stereocenters. The van der Waals surface area contributed by atoms with Crippen LogP contribution in [0.2, 0.25) is 0 Å². The van der Waals surface area contributed by atoms with E-state index in [2.05, 4.69) is 17.2 Å². The molecule has 1 aliphatic rings. The normalized spacial score (nSPS) is 18.1. The molecule has 1 saturated heterocycles. The first-order chi connectivity index (χ1) is 11.1. The van der Waals surface area contributed by atoms with E-state index < -0.39 is 0 Å². The summed E-state index contributed by atoms with van der Waals surface area (Å²) in [5.74, 6) is 1.30. The van der Waals surface area contributed by atoms with Gasteiger partial charge >= 0.3 is 0 Å². The highest BCUT2D eigenvalue weighted by Crippen LogP contribution is 2.33. The van der Waals surface area contributed by atoms with Crippen LogP contribution in [-0.2, 0) is 6.42 Å². The van der Waals surface area contributed by atoms with Crippen molar-refractivity contribution in [2.75, 3.05) is 6.54 Å². The van der Waals surface area contributed by atoms with Crippen molar-refractivity contribution in [2.24, 2.45) is 0 Å². The number of hydrogen-bond donors (Lipinski definition) is 0. The Hall–Kier alpha value is -2.11. The van der Waals surface area contributed by atoms with Crippen LogP contribution in [0.25, 0.3) is 0 Å². The summed E-state index contributed by atoms with van der Waals surface area (Å²) in [6.45, 7) is 6.85. The van der Waals surface area contributed by atoms with Crippen molar-refractivity contribution >= 4 is 5.91 Å². The first-order valence-corrected chi connectivity index (χ1v) is 8.33. The van der Waals surface area contributed by atoms with E-state index in [1.54, 1.807) is 6.07 Å². The predicted molar refractivity (Wildman–Crippen MR) is 84.1 cm³/mol. The summed E-state index contributed by atoms with van der Waals surface area (Å²) < 4.78 is 10.6. The number of hydrogen-bond acceptors (Lipinski definition) is 5. The van der Waals surface area contributed by atoms with Gasteiger partial charge in [0.1, 0.15) is 11.5 Å². The summed E-state index contributed by atoms with van der Waals surface area (Å²) in [6, 6.07) is 3.68. The molecule has 0 aromatic carbocycles. The molecule has 124 valence electrons. The lowest BCUT2D eigenvalue weighted by molar-refractivity contribution is 0.0688. The number of aromatic nitrogens is 2. The summed E-state index contributed by atoms with van der Waals surface area (Å²) in [7, 11) is 0. The molecule has 1 aliphatic heterocycles. The third-order valence-corrected chi connectivity index (χ3v) is 4.26. The Bertz CT molecular complexity index is 674. The van der Waals surface area contributed by atoms with Crippen molar-refractivity contribution in [1.29, 1.82) is 0 Å². The molecule has 2 aromatic heterocycles. The molecular formula is C17H23N3O3. The molecule has 0 radical (unpaired) electrons. The second kappa shape index (κ2) is 6.56. The molecule has 6 nitrogen and oxygen atoms in total. The van der Waals surface area contributed by atoms with E-state index in [9.17, 15) is 4.79 Å². The predicted octanol–water partition coefficient (Wildman–Crippen LogP) is 3.72. The van der Waals surface area contributed by atoms with Crippen LogP contribution in [0.15, 0.2) is 21.2 Å². The van der Waals surface area contributed by atoms with Crippen molar-refractivity contribution in [1.82, 2.24) is 15.2 Å². The van der Waals surface area contributed by atoms with E-state index >= 15 is 0 Å². The smallest absolute Gasteiger partial charge is 0.293 e. The Labute approximate surface area is 135 Å². The van der Waals surface area contributed by atoms with Crippen molar-refractivity contribution in [3.63, 3.8) is 0 Å². The maximum Gasteiger partial charge on any atom is 0.293 e. The monoisotopic (exact) mass is 317 g/mol. The van der Waals surface area contributed by atoms with Gasteiger partial charge in [0, 0.05) is 25.1 Å². The molecule has 3 rings (SSSR count). The van der Waals surface area contributed by atoms with Crippen LogP contribution < -0.4 is 0 Å². The SMILES string of the molecule is CCCc1cc(C2CCCN2C(=O)c2cc(C(C)C)no2)no1. The molecule has 6 heteroatoms. The summed E-state index contributed by atoms with van der Waals surface area (Å²) in [5, 5.41) is 8.14. The van der Waals surface area contributed by atoms with Crippen molar-refractivity contribution < 1.29 is 13.8 Å². The molecule has 1 fully saturated rings. The van der Waals surface area contributed by atoms with Gasteiger partial charge in [-0.25, -0.2) is 0 Å². The van der Waals surface area contributed by atoms with Gasteiger partial charge in [-0.05, 0) is 25.2 Å². The molecule has 1 atom stereocenters. The second-order valence-corrected chi connectivity index (χ2v) is 6.40. The third kappa shape index (κ3) is 3.16. The highest BCUT2D eigenvalue weighted by atomic mass is 16.5. The number of nitrogens with zero attached hydrogens (tertiary/aromatic N) is 3. The summed E-state index contributed by atoms with van der Waals surface area (Å²) in [6.07, 6.45) is 3.73. The zero-order chi connectivity index (χ0) is 16.4. The van der Waals surface area contributed by atoms with E-state index in [4.69, 9.17) is 9.05 Å². The van der Waals surface area contributed by atoms with E-state index in [0.717, 1.165) is 42.8 Å². The first kappa shape index (κ1) is 15.8. The molecular weight excluding hydrogens is 294 g/mol. The van der Waals surface area contributed by atoms with Crippen LogP contribution in [0.5, 0.6) is 0 Å². The zero-order valence-corrected chi connectivity index (χ0v) is 13.9. The minimum absolute atomic E-state index is 0.0375. The van der Waals surface area contributed by atoms with Gasteiger partial charge in [-0.1, -0.05) is 31.1 Å². The topological polar surface area (TPSA) is 72.4 Å². The maximum absolute atomic E-state index is 12.7. The lowest BCUT2D eigenvalue weighted by atomic mass is 10.1. The average molecular weight is 317 g/mol. The number of carbonyl (C=O) groups is 1. The molecule has 0 spiro atoms. The highest BCUT2D eigenvalue weighted by molar-refractivity contribution is 5.92. The number of rotatable bonds is 5. The Kier molecular flexibility index (Phi) is 4.50. The molecule has 0 bridgehead atoms. The molecule has 0 aliphatic carbocycles. The summed E-state index contributed by atoms with van der Waals surface area (Å²) in [4.78, 5) is 14.6. The largest absolute Gasteiger partial charge is 0.361 e. The van der Waals surface area contributed by atoms with Crippen LogP contribution in [-0.4, -0.2) is 27.7 Å². The Morgan fingerprint density at radius 2 is 2.17 bits per heavy atom. The van der Waals surface area contributed by atoms with Gasteiger partial charge in [-0.15, -0.1) is 0 Å². The van der Waals surface area contributed by atoms with Crippen LogP contribution >= 0.6 is 0 Å². The first-order valence-electron chi connectivity index (χ1n) is 8.33. The van der Waals surface area contributed by atoms with Crippen molar-refractivity contribution in [3.05, 3.63) is 35.0 Å². The minimum Gasteiger partial charge on any atom is -0.361 e. The Morgan fingerprint density at radius 3 is 2.87 bits per heavy atom. The van der Waals surface area contributed by atoms with Crippen molar-refractivity contribution in [2.45, 2.75) is 58.4 Å². The quantitative estimate of drug-likeness (QED) is 0.840. The highest BCUT2D eigenvalue weighted by Gasteiger charge is 2.34. The van der Waals surface area contributed by atoms with Crippen LogP contribution in [0.4, 0.5) is 0 Å². The number of likely N-dealkylation sites (tertiary alicyclic amines) is 1. The van der Waals surface area contributed by atoms with Crippen LogP contribution in [0.3, 0.4) is 0 Å². The van der Waals surface area contributed by atoms with E-state index in [0.29, 0.717) is 12.3 Å². The van der Waals surface area contributed by atoms with E-state index in [1.807, 2.05) is 24.8 Å². The second-order valence-electron chi connectivity index (χ2n) is 6.40. The maximum atomic E-state index is 12.7. The fourth-order valence-corrected chi connectivity index (χ4v) is 2.97. The molecule has 1 amide bonds. The van der Waals surface area contributed by atoms with Gasteiger partial charge in [0.2, 0.25) is 5.76 Å². The standard InChI is InChI=1S/C17H23N3O3/c1-4-6-12-9-14(19-22-12)15-7-5-8-20(15)17(21)16-10-13(11(2)3)18-23-16/h9-11,15H,4-8H2,1-3H3. The van der Waals surface area contributed by atoms with Gasteiger partial charge in [0.15, 0.2) is 0 Å². The van der Waals surface area contributed by atoms with Crippen molar-refractivity contribution in [3.8, 4) is 0 Å². The number of aryl methyl sites for hydroxylation is 1. The Morgan fingerprint density at radius 1 is 1.35 bits per heavy atom. The minimum atomic E-state index is -0.119. The number of carbonyl (C=O) groups excluding carboxylic acids is 1. The van der Waals surface area contributed by atoms with Gasteiger partial charge in [-0.3, -0.25) is 4.79 Å². The molecule has 3 heterocycles. The summed E-state index contributed by atoms with van der Waals surface area (Å²) in [5.41, 5.74) is 1.64. The third-order valence-electron chi connectivity index (χ3n) is 4.26. The molecule has 2 aromatic rings. The molecule has 23 heavy (non-hydrogen) atoms. The average Bonchev–Trinajstić information content (AvgIpc) is 3.26. The zero-order valence-electron chi connectivity index (χ0n) is 13.9. The lowest BCUT2D eigenvalue weighted by Gasteiger charge is -2.21. The van der Waals surface area contributed by atoms with E-state index in [1.165, 1.54) is 0 Å².